The summed E-state index contributed by atoms with van der Waals surface area (Å²) in [7, 11) is 0. The molecule has 0 aliphatic carbocycles. The van der Waals surface area contributed by atoms with E-state index < -0.39 is 12.2 Å². The van der Waals surface area contributed by atoms with Crippen LogP contribution < -0.4 is 0 Å². The first kappa shape index (κ1) is 16.6. The summed E-state index contributed by atoms with van der Waals surface area (Å²) < 4.78 is 10.4. The van der Waals surface area contributed by atoms with Gasteiger partial charge in [-0.15, -0.1) is 0 Å². The molecule has 2 amide bonds. The fourth-order valence-electron chi connectivity index (χ4n) is 2.35. The van der Waals surface area contributed by atoms with Gasteiger partial charge in [0.1, 0.15) is 13.2 Å². The summed E-state index contributed by atoms with van der Waals surface area (Å²) in [4.78, 5) is 24.3. The number of carbonyl (C=O) groups is 2. The number of rotatable bonds is 4. The summed E-state index contributed by atoms with van der Waals surface area (Å²) in [6.45, 7) is 4.23. The highest BCUT2D eigenvalue weighted by molar-refractivity contribution is 5.78. The molecule has 128 valence electrons. The van der Waals surface area contributed by atoms with Crippen molar-refractivity contribution in [3.05, 3.63) is 84.1 Å². The van der Waals surface area contributed by atoms with Crippen LogP contribution in [-0.4, -0.2) is 28.7 Å². The lowest BCUT2D eigenvalue weighted by Crippen LogP contribution is -2.59. The summed E-state index contributed by atoms with van der Waals surface area (Å²) in [5.41, 5.74) is 2.21. The molecule has 0 bridgehead atoms. The Morgan fingerprint density at radius 2 is 1.32 bits per heavy atom. The molecule has 0 saturated carbocycles. The third kappa shape index (κ3) is 3.98. The Bertz CT molecular complexity index is 762. The maximum atomic E-state index is 12.2. The van der Waals surface area contributed by atoms with Crippen molar-refractivity contribution >= 4 is 12.2 Å². The van der Waals surface area contributed by atoms with E-state index in [9.17, 15) is 9.59 Å². The van der Waals surface area contributed by atoms with Gasteiger partial charge in [0.25, 0.3) is 0 Å². The second-order valence-electron chi connectivity index (χ2n) is 5.52. The Hall–Kier alpha value is -3.28. The number of amides is 2. The minimum Gasteiger partial charge on any atom is -0.443 e. The van der Waals surface area contributed by atoms with E-state index in [1.807, 2.05) is 60.7 Å². The van der Waals surface area contributed by atoms with Gasteiger partial charge < -0.3 is 9.47 Å². The summed E-state index contributed by atoms with van der Waals surface area (Å²) in [6.07, 6.45) is -1.27. The molecule has 25 heavy (non-hydrogen) atoms. The van der Waals surface area contributed by atoms with Crippen molar-refractivity contribution in [2.75, 3.05) is 6.54 Å². The Labute approximate surface area is 145 Å². The molecule has 1 aliphatic heterocycles. The monoisotopic (exact) mass is 338 g/mol. The van der Waals surface area contributed by atoms with Crippen LogP contribution in [0.25, 0.3) is 0 Å². The molecule has 2 aromatic carbocycles. The van der Waals surface area contributed by atoms with Crippen molar-refractivity contribution in [2.45, 2.75) is 13.2 Å². The first-order chi connectivity index (χ1) is 12.1. The molecule has 1 aliphatic rings. The van der Waals surface area contributed by atoms with Crippen molar-refractivity contribution < 1.29 is 19.1 Å². The zero-order chi connectivity index (χ0) is 17.6. The van der Waals surface area contributed by atoms with E-state index in [0.717, 1.165) is 16.1 Å². The molecule has 0 atom stereocenters. The average molecular weight is 338 g/mol. The van der Waals surface area contributed by atoms with Crippen LogP contribution >= 0.6 is 0 Å². The van der Waals surface area contributed by atoms with Gasteiger partial charge in [-0.05, 0) is 11.1 Å². The van der Waals surface area contributed by atoms with Crippen molar-refractivity contribution in [2.24, 2.45) is 0 Å². The van der Waals surface area contributed by atoms with Crippen LogP contribution in [0.4, 0.5) is 9.59 Å². The highest BCUT2D eigenvalue weighted by Crippen LogP contribution is 2.23. The van der Waals surface area contributed by atoms with E-state index in [2.05, 4.69) is 6.58 Å². The maximum Gasteiger partial charge on any atom is 0.433 e. The van der Waals surface area contributed by atoms with E-state index in [0.29, 0.717) is 5.70 Å². The predicted octanol–water partition coefficient (Wildman–Crippen LogP) is 3.71. The van der Waals surface area contributed by atoms with Crippen LogP contribution in [0.2, 0.25) is 0 Å². The van der Waals surface area contributed by atoms with E-state index in [1.165, 1.54) is 5.01 Å². The Kier molecular flexibility index (Phi) is 4.99. The van der Waals surface area contributed by atoms with Crippen molar-refractivity contribution in [3.63, 3.8) is 0 Å². The second kappa shape index (κ2) is 7.53. The first-order valence-electron chi connectivity index (χ1n) is 7.82. The highest BCUT2D eigenvalue weighted by atomic mass is 16.6. The number of carbonyl (C=O) groups excluding carboxylic acids is 2. The Balaban J connectivity index is 1.52. The number of benzene rings is 2. The lowest BCUT2D eigenvalue weighted by atomic mass is 10.2. The van der Waals surface area contributed by atoms with E-state index >= 15 is 0 Å². The molecule has 1 heterocycles. The van der Waals surface area contributed by atoms with Gasteiger partial charge in [0.15, 0.2) is 0 Å². The van der Waals surface area contributed by atoms with Gasteiger partial charge in [0.2, 0.25) is 0 Å². The zero-order valence-electron chi connectivity index (χ0n) is 13.6. The van der Waals surface area contributed by atoms with Crippen LogP contribution in [0.3, 0.4) is 0 Å². The minimum absolute atomic E-state index is 0.121. The summed E-state index contributed by atoms with van der Waals surface area (Å²) in [5.74, 6) is 0. The molecule has 6 nitrogen and oxygen atoms in total. The summed E-state index contributed by atoms with van der Waals surface area (Å²) >= 11 is 0. The lowest BCUT2D eigenvalue weighted by molar-refractivity contribution is -0.0478. The standard InChI is InChI=1S/C19H18N2O4/c1-15-12-20(18(22)24-13-16-8-4-2-5-9-16)21(15)19(23)25-14-17-10-6-3-7-11-17/h2-11H,1,12-14H2. The highest BCUT2D eigenvalue weighted by Gasteiger charge is 2.40. The van der Waals surface area contributed by atoms with Gasteiger partial charge in [-0.25, -0.2) is 14.6 Å². The smallest absolute Gasteiger partial charge is 0.433 e. The molecule has 0 N–H and O–H groups in total. The molecular weight excluding hydrogens is 320 g/mol. The fraction of sp³-hybridized carbons (Fsp3) is 0.158. The average Bonchev–Trinajstić information content (AvgIpc) is 2.64. The topological polar surface area (TPSA) is 59.1 Å². The van der Waals surface area contributed by atoms with Crippen molar-refractivity contribution in [1.29, 1.82) is 0 Å². The minimum atomic E-state index is -0.656. The molecule has 1 fully saturated rings. The van der Waals surface area contributed by atoms with Crippen LogP contribution in [0.1, 0.15) is 11.1 Å². The molecule has 6 heteroatoms. The maximum absolute atomic E-state index is 12.2. The molecule has 1 saturated heterocycles. The third-order valence-corrected chi connectivity index (χ3v) is 3.67. The first-order valence-corrected chi connectivity index (χ1v) is 7.82. The van der Waals surface area contributed by atoms with E-state index in [4.69, 9.17) is 9.47 Å². The number of hydrogen-bond acceptors (Lipinski definition) is 4. The normalized spacial score (nSPS) is 13.2. The Morgan fingerprint density at radius 1 is 0.840 bits per heavy atom. The molecule has 3 rings (SSSR count). The number of ether oxygens (including phenoxy) is 2. The van der Waals surface area contributed by atoms with E-state index in [-0.39, 0.29) is 19.8 Å². The number of hydrazine groups is 1. The summed E-state index contributed by atoms with van der Waals surface area (Å²) in [5, 5.41) is 2.26. The zero-order valence-corrected chi connectivity index (χ0v) is 13.6. The van der Waals surface area contributed by atoms with Crippen molar-refractivity contribution in [1.82, 2.24) is 10.0 Å². The fourth-order valence-corrected chi connectivity index (χ4v) is 2.35. The quantitative estimate of drug-likeness (QED) is 0.853. The van der Waals surface area contributed by atoms with Crippen LogP contribution in [0, 0.1) is 0 Å². The SMILES string of the molecule is C=C1CN(C(=O)OCc2ccccc2)N1C(=O)OCc1ccccc1. The molecule has 0 aromatic heterocycles. The van der Waals surface area contributed by atoms with Crippen LogP contribution in [-0.2, 0) is 22.7 Å². The second-order valence-corrected chi connectivity index (χ2v) is 5.52. The van der Waals surface area contributed by atoms with Gasteiger partial charge in [-0.1, -0.05) is 67.2 Å². The van der Waals surface area contributed by atoms with Gasteiger partial charge in [0.05, 0.1) is 12.2 Å². The van der Waals surface area contributed by atoms with Gasteiger partial charge in [0, 0.05) is 0 Å². The van der Waals surface area contributed by atoms with E-state index in [1.54, 1.807) is 0 Å². The largest absolute Gasteiger partial charge is 0.443 e. The van der Waals surface area contributed by atoms with Crippen LogP contribution in [0.5, 0.6) is 0 Å². The molecular formula is C19H18N2O4. The van der Waals surface area contributed by atoms with Crippen LogP contribution in [0.15, 0.2) is 72.9 Å². The number of nitrogens with zero attached hydrogens (tertiary/aromatic N) is 2. The lowest BCUT2D eigenvalue weighted by Gasteiger charge is -2.42. The molecule has 0 spiro atoms. The van der Waals surface area contributed by atoms with Gasteiger partial charge >= 0.3 is 12.2 Å². The third-order valence-electron chi connectivity index (χ3n) is 3.67. The summed E-state index contributed by atoms with van der Waals surface area (Å²) in [6, 6.07) is 18.6. The molecule has 0 unspecified atom stereocenters. The van der Waals surface area contributed by atoms with Gasteiger partial charge in [-0.3, -0.25) is 0 Å². The van der Waals surface area contributed by atoms with Gasteiger partial charge in [-0.2, -0.15) is 5.01 Å². The van der Waals surface area contributed by atoms with Crippen molar-refractivity contribution in [3.8, 4) is 0 Å². The Morgan fingerprint density at radius 3 is 1.80 bits per heavy atom. The molecule has 2 aromatic rings. The molecule has 0 radical (unpaired) electrons. The number of hydrogen-bond donors (Lipinski definition) is 0. The predicted molar refractivity (Wildman–Crippen MR) is 90.9 cm³/mol.